The summed E-state index contributed by atoms with van der Waals surface area (Å²) in [5.74, 6) is -0.0469. The minimum absolute atomic E-state index is 0.0570. The molecule has 1 fully saturated rings. The van der Waals surface area contributed by atoms with E-state index < -0.39 is 5.91 Å². The average Bonchev–Trinajstić information content (AvgIpc) is 2.34. The standard InChI is InChI=1S/C14H19BrN2O3/c1-14(2)8-17-6-9(20-14)7-19-11-5-3-4-10(15)12(11)13(16)18/h3-5,9,17H,6-8H2,1-2H3,(H2,16,18). The van der Waals surface area contributed by atoms with Crippen LogP contribution < -0.4 is 15.8 Å². The van der Waals surface area contributed by atoms with Crippen molar-refractivity contribution in [1.82, 2.24) is 5.32 Å². The number of halogens is 1. The van der Waals surface area contributed by atoms with Crippen molar-refractivity contribution >= 4 is 21.8 Å². The zero-order valence-corrected chi connectivity index (χ0v) is 13.2. The van der Waals surface area contributed by atoms with E-state index >= 15 is 0 Å². The Hall–Kier alpha value is -1.11. The minimum atomic E-state index is -0.518. The van der Waals surface area contributed by atoms with Gasteiger partial charge in [0.15, 0.2) is 0 Å². The van der Waals surface area contributed by atoms with Crippen LogP contribution in [0, 0.1) is 0 Å². The quantitative estimate of drug-likeness (QED) is 0.873. The number of carbonyl (C=O) groups excluding carboxylic acids is 1. The Balaban J connectivity index is 2.04. The highest BCUT2D eigenvalue weighted by Crippen LogP contribution is 2.27. The van der Waals surface area contributed by atoms with Crippen LogP contribution in [0.1, 0.15) is 24.2 Å². The zero-order chi connectivity index (χ0) is 14.8. The highest BCUT2D eigenvalue weighted by Gasteiger charge is 2.28. The van der Waals surface area contributed by atoms with Crippen molar-refractivity contribution in [1.29, 1.82) is 0 Å². The monoisotopic (exact) mass is 342 g/mol. The number of nitrogens with one attached hydrogen (secondary N) is 1. The molecule has 0 radical (unpaired) electrons. The van der Waals surface area contributed by atoms with Crippen LogP contribution in [0.4, 0.5) is 0 Å². The predicted molar refractivity (Wildman–Crippen MR) is 80.0 cm³/mol. The normalized spacial score (nSPS) is 21.4. The smallest absolute Gasteiger partial charge is 0.253 e. The number of hydrogen-bond donors (Lipinski definition) is 2. The fourth-order valence-corrected chi connectivity index (χ4v) is 2.75. The van der Waals surface area contributed by atoms with Crippen LogP contribution in [-0.4, -0.2) is 37.3 Å². The molecule has 0 aliphatic carbocycles. The van der Waals surface area contributed by atoms with Crippen LogP contribution in [0.15, 0.2) is 22.7 Å². The molecule has 0 spiro atoms. The fraction of sp³-hybridized carbons (Fsp3) is 0.500. The van der Waals surface area contributed by atoms with Crippen molar-refractivity contribution in [2.45, 2.75) is 25.6 Å². The molecule has 0 bridgehead atoms. The number of benzene rings is 1. The Morgan fingerprint density at radius 3 is 3.00 bits per heavy atom. The molecule has 5 nitrogen and oxygen atoms in total. The van der Waals surface area contributed by atoms with Gasteiger partial charge in [0, 0.05) is 17.6 Å². The number of primary amides is 1. The highest BCUT2D eigenvalue weighted by molar-refractivity contribution is 9.10. The number of morpholine rings is 1. The number of hydrogen-bond acceptors (Lipinski definition) is 4. The van der Waals surface area contributed by atoms with Crippen molar-refractivity contribution in [2.24, 2.45) is 5.73 Å². The van der Waals surface area contributed by atoms with Gasteiger partial charge in [-0.25, -0.2) is 0 Å². The molecule has 6 heteroatoms. The van der Waals surface area contributed by atoms with E-state index in [-0.39, 0.29) is 11.7 Å². The molecule has 3 N–H and O–H groups in total. The number of carbonyl (C=O) groups is 1. The van der Waals surface area contributed by atoms with E-state index in [9.17, 15) is 4.79 Å². The third-order valence-electron chi connectivity index (χ3n) is 3.05. The Morgan fingerprint density at radius 1 is 1.60 bits per heavy atom. The molecule has 20 heavy (non-hydrogen) atoms. The highest BCUT2D eigenvalue weighted by atomic mass is 79.9. The summed E-state index contributed by atoms with van der Waals surface area (Å²) in [7, 11) is 0. The Labute approximate surface area is 126 Å². The van der Waals surface area contributed by atoms with Crippen molar-refractivity contribution < 1.29 is 14.3 Å². The fourth-order valence-electron chi connectivity index (χ4n) is 2.21. The number of nitrogens with two attached hydrogens (primary N) is 1. The van der Waals surface area contributed by atoms with Crippen LogP contribution >= 0.6 is 15.9 Å². The predicted octanol–water partition coefficient (Wildman–Crippen LogP) is 1.69. The van der Waals surface area contributed by atoms with Crippen molar-refractivity contribution in [3.8, 4) is 5.75 Å². The second-order valence-electron chi connectivity index (χ2n) is 5.42. The lowest BCUT2D eigenvalue weighted by atomic mass is 10.1. The molecule has 0 aromatic heterocycles. The molecule has 110 valence electrons. The van der Waals surface area contributed by atoms with Gasteiger partial charge in [-0.1, -0.05) is 6.07 Å². The largest absolute Gasteiger partial charge is 0.490 e. The van der Waals surface area contributed by atoms with E-state index in [2.05, 4.69) is 21.2 Å². The number of ether oxygens (including phenoxy) is 2. The Morgan fingerprint density at radius 2 is 2.35 bits per heavy atom. The lowest BCUT2D eigenvalue weighted by Gasteiger charge is -2.36. The maximum atomic E-state index is 11.5. The summed E-state index contributed by atoms with van der Waals surface area (Å²) in [6.45, 7) is 5.96. The molecule has 1 unspecified atom stereocenters. The number of rotatable bonds is 4. The van der Waals surface area contributed by atoms with Crippen LogP contribution in [-0.2, 0) is 4.74 Å². The van der Waals surface area contributed by atoms with Gasteiger partial charge >= 0.3 is 0 Å². The summed E-state index contributed by atoms with van der Waals surface area (Å²) in [5, 5.41) is 3.30. The first kappa shape index (κ1) is 15.3. The van der Waals surface area contributed by atoms with E-state index in [1.54, 1.807) is 18.2 Å². The van der Waals surface area contributed by atoms with Gasteiger partial charge in [-0.2, -0.15) is 0 Å². The molecule has 1 aliphatic rings. The second kappa shape index (κ2) is 6.11. The van der Waals surface area contributed by atoms with E-state index in [1.165, 1.54) is 0 Å². The van der Waals surface area contributed by atoms with Gasteiger partial charge in [-0.15, -0.1) is 0 Å². The summed E-state index contributed by atoms with van der Waals surface area (Å²) in [6.07, 6.45) is -0.0570. The molecule has 1 heterocycles. The lowest BCUT2D eigenvalue weighted by molar-refractivity contribution is -0.107. The third kappa shape index (κ3) is 3.71. The average molecular weight is 343 g/mol. The van der Waals surface area contributed by atoms with Crippen molar-refractivity contribution in [3.63, 3.8) is 0 Å². The summed E-state index contributed by atoms with van der Waals surface area (Å²) >= 11 is 3.31. The maximum absolute atomic E-state index is 11.5. The van der Waals surface area contributed by atoms with Gasteiger partial charge in [0.25, 0.3) is 5.91 Å². The van der Waals surface area contributed by atoms with Gasteiger partial charge in [-0.3, -0.25) is 4.79 Å². The minimum Gasteiger partial charge on any atom is -0.490 e. The maximum Gasteiger partial charge on any atom is 0.253 e. The summed E-state index contributed by atoms with van der Waals surface area (Å²) in [4.78, 5) is 11.5. The molecule has 1 amide bonds. The molecule has 2 rings (SSSR count). The first-order chi connectivity index (χ1) is 9.39. The molecular weight excluding hydrogens is 324 g/mol. The van der Waals surface area contributed by atoms with Gasteiger partial charge in [0.1, 0.15) is 18.5 Å². The summed E-state index contributed by atoms with van der Waals surface area (Å²) in [6, 6.07) is 5.29. The first-order valence-corrected chi connectivity index (χ1v) is 7.28. The van der Waals surface area contributed by atoms with E-state index in [0.717, 1.165) is 13.1 Å². The van der Waals surface area contributed by atoms with E-state index in [4.69, 9.17) is 15.2 Å². The molecule has 1 aliphatic heterocycles. The van der Waals surface area contributed by atoms with E-state index in [0.29, 0.717) is 22.4 Å². The van der Waals surface area contributed by atoms with Gasteiger partial charge in [0.05, 0.1) is 11.2 Å². The SMILES string of the molecule is CC1(C)CNCC(COc2cccc(Br)c2C(N)=O)O1. The summed E-state index contributed by atoms with van der Waals surface area (Å²) in [5.41, 5.74) is 5.52. The van der Waals surface area contributed by atoms with Crippen molar-refractivity contribution in [3.05, 3.63) is 28.2 Å². The Bertz CT molecular complexity index is 505. The van der Waals surface area contributed by atoms with Gasteiger partial charge < -0.3 is 20.5 Å². The molecular formula is C14H19BrN2O3. The number of amides is 1. The first-order valence-electron chi connectivity index (χ1n) is 6.49. The topological polar surface area (TPSA) is 73.6 Å². The van der Waals surface area contributed by atoms with Gasteiger partial charge in [-0.05, 0) is 41.9 Å². The summed E-state index contributed by atoms with van der Waals surface area (Å²) < 4.78 is 12.3. The third-order valence-corrected chi connectivity index (χ3v) is 3.72. The van der Waals surface area contributed by atoms with Crippen molar-refractivity contribution in [2.75, 3.05) is 19.7 Å². The van der Waals surface area contributed by atoms with Crippen LogP contribution in [0.5, 0.6) is 5.75 Å². The van der Waals surface area contributed by atoms with Crippen LogP contribution in [0.25, 0.3) is 0 Å². The lowest BCUT2D eigenvalue weighted by Crippen LogP contribution is -2.52. The zero-order valence-electron chi connectivity index (χ0n) is 11.6. The molecule has 1 aromatic carbocycles. The molecule has 0 saturated carbocycles. The molecule has 1 saturated heterocycles. The van der Waals surface area contributed by atoms with Crippen LogP contribution in [0.3, 0.4) is 0 Å². The molecule has 1 aromatic rings. The Kier molecular flexibility index (Phi) is 4.67. The van der Waals surface area contributed by atoms with E-state index in [1.807, 2.05) is 13.8 Å². The molecule has 1 atom stereocenters. The second-order valence-corrected chi connectivity index (χ2v) is 6.27. The van der Waals surface area contributed by atoms with Crippen LogP contribution in [0.2, 0.25) is 0 Å². The van der Waals surface area contributed by atoms with Gasteiger partial charge in [0.2, 0.25) is 0 Å².